The molecule has 1 amide bonds. The van der Waals surface area contributed by atoms with Crippen LogP contribution in [0.1, 0.15) is 55.1 Å². The lowest BCUT2D eigenvalue weighted by molar-refractivity contribution is 0.0735. The number of aromatic nitrogens is 1. The second-order valence-electron chi connectivity index (χ2n) is 6.45. The third-order valence-electron chi connectivity index (χ3n) is 4.71. The molecular weight excluding hydrogens is 298 g/mol. The average molecular weight is 323 g/mol. The van der Waals surface area contributed by atoms with Crippen LogP contribution in [0, 0.1) is 0 Å². The van der Waals surface area contributed by atoms with Crippen molar-refractivity contribution < 1.29 is 4.79 Å². The molecule has 0 spiro atoms. The second kappa shape index (κ2) is 7.47. The number of likely N-dealkylation sites (tertiary alicyclic amines) is 1. The maximum atomic E-state index is 12.8. The van der Waals surface area contributed by atoms with Gasteiger partial charge in [0.25, 0.3) is 5.91 Å². The highest BCUT2D eigenvalue weighted by Crippen LogP contribution is 2.33. The highest BCUT2D eigenvalue weighted by Gasteiger charge is 2.30. The van der Waals surface area contributed by atoms with Crippen molar-refractivity contribution >= 4 is 11.7 Å². The summed E-state index contributed by atoms with van der Waals surface area (Å²) in [6, 6.07) is 14.2. The molecule has 1 aliphatic rings. The fourth-order valence-electron chi connectivity index (χ4n) is 3.15. The molecule has 126 valence electrons. The highest BCUT2D eigenvalue weighted by molar-refractivity contribution is 5.94. The molecule has 3 rings (SSSR count). The van der Waals surface area contributed by atoms with E-state index in [-0.39, 0.29) is 11.9 Å². The molecule has 0 saturated carbocycles. The molecule has 0 aliphatic carbocycles. The number of carbonyl (C=O) groups is 1. The van der Waals surface area contributed by atoms with Gasteiger partial charge in [0.2, 0.25) is 0 Å². The van der Waals surface area contributed by atoms with Gasteiger partial charge in [0.05, 0.1) is 6.04 Å². The molecular formula is C20H25N3O. The molecule has 4 heteroatoms. The van der Waals surface area contributed by atoms with Crippen LogP contribution in [0.5, 0.6) is 0 Å². The summed E-state index contributed by atoms with van der Waals surface area (Å²) in [5, 5.41) is 3.38. The zero-order valence-electron chi connectivity index (χ0n) is 14.4. The van der Waals surface area contributed by atoms with Crippen molar-refractivity contribution in [3.05, 3.63) is 59.8 Å². The summed E-state index contributed by atoms with van der Waals surface area (Å²) in [5.41, 5.74) is 1.87. The van der Waals surface area contributed by atoms with Crippen LogP contribution in [0.3, 0.4) is 0 Å². The van der Waals surface area contributed by atoms with Gasteiger partial charge in [-0.1, -0.05) is 31.2 Å². The zero-order valence-corrected chi connectivity index (χ0v) is 14.4. The maximum Gasteiger partial charge on any atom is 0.254 e. The number of benzene rings is 1. The van der Waals surface area contributed by atoms with Gasteiger partial charge in [-0.15, -0.1) is 0 Å². The Morgan fingerprint density at radius 1 is 1.29 bits per heavy atom. The zero-order chi connectivity index (χ0) is 16.9. The van der Waals surface area contributed by atoms with Gasteiger partial charge in [0.1, 0.15) is 5.82 Å². The van der Waals surface area contributed by atoms with Gasteiger partial charge in [0, 0.05) is 24.3 Å². The van der Waals surface area contributed by atoms with Crippen molar-refractivity contribution in [2.45, 2.75) is 45.2 Å². The fraction of sp³-hybridized carbons (Fsp3) is 0.400. The fourth-order valence-corrected chi connectivity index (χ4v) is 3.15. The van der Waals surface area contributed by atoms with E-state index in [9.17, 15) is 4.79 Å². The number of anilines is 1. The average Bonchev–Trinajstić information content (AvgIpc) is 3.12. The van der Waals surface area contributed by atoms with Crippen molar-refractivity contribution in [2.75, 3.05) is 11.9 Å². The summed E-state index contributed by atoms with van der Waals surface area (Å²) >= 11 is 0. The molecule has 1 aromatic carbocycles. The molecule has 2 atom stereocenters. The maximum absolute atomic E-state index is 12.8. The van der Waals surface area contributed by atoms with E-state index in [4.69, 9.17) is 0 Å². The number of hydrogen-bond donors (Lipinski definition) is 1. The standard InChI is InChI=1S/C20H25N3O/c1-3-15(2)22-19-12-11-17(14-21-19)18-10-7-13-23(18)20(24)16-8-5-4-6-9-16/h4-6,8-9,11-12,14-15,18H,3,7,10,13H2,1-2H3,(H,21,22)/t15-,18-/m1/s1. The van der Waals surface area contributed by atoms with Crippen LogP contribution in [0.15, 0.2) is 48.7 Å². The lowest BCUT2D eigenvalue weighted by atomic mass is 10.1. The summed E-state index contributed by atoms with van der Waals surface area (Å²) in [6.45, 7) is 5.11. The largest absolute Gasteiger partial charge is 0.368 e. The van der Waals surface area contributed by atoms with Crippen LogP contribution in [-0.2, 0) is 0 Å². The molecule has 1 aromatic heterocycles. The van der Waals surface area contributed by atoms with Gasteiger partial charge in [-0.05, 0) is 49.9 Å². The number of rotatable bonds is 5. The van der Waals surface area contributed by atoms with E-state index in [1.807, 2.05) is 47.5 Å². The first-order valence-electron chi connectivity index (χ1n) is 8.77. The van der Waals surface area contributed by atoms with Crippen LogP contribution in [0.25, 0.3) is 0 Å². The lowest BCUT2D eigenvalue weighted by Crippen LogP contribution is -2.30. The predicted octanol–water partition coefficient (Wildman–Crippen LogP) is 4.27. The van der Waals surface area contributed by atoms with Crippen molar-refractivity contribution in [1.82, 2.24) is 9.88 Å². The Labute approximate surface area is 143 Å². The van der Waals surface area contributed by atoms with Gasteiger partial charge in [-0.25, -0.2) is 4.98 Å². The Morgan fingerprint density at radius 3 is 2.75 bits per heavy atom. The molecule has 2 aromatic rings. The van der Waals surface area contributed by atoms with Gasteiger partial charge in [-0.3, -0.25) is 4.79 Å². The number of pyridine rings is 1. The summed E-state index contributed by atoms with van der Waals surface area (Å²) in [6.07, 6.45) is 5.01. The molecule has 24 heavy (non-hydrogen) atoms. The van der Waals surface area contributed by atoms with Crippen LogP contribution in [0.4, 0.5) is 5.82 Å². The normalized spacial score (nSPS) is 18.4. The Bertz CT molecular complexity index is 669. The van der Waals surface area contributed by atoms with Gasteiger partial charge in [-0.2, -0.15) is 0 Å². The summed E-state index contributed by atoms with van der Waals surface area (Å²) in [5.74, 6) is 1.01. The predicted molar refractivity (Wildman–Crippen MR) is 97.1 cm³/mol. The van der Waals surface area contributed by atoms with Gasteiger partial charge in [0.15, 0.2) is 0 Å². The molecule has 1 saturated heterocycles. The highest BCUT2D eigenvalue weighted by atomic mass is 16.2. The quantitative estimate of drug-likeness (QED) is 0.894. The molecule has 1 fully saturated rings. The third kappa shape index (κ3) is 3.58. The minimum Gasteiger partial charge on any atom is -0.368 e. The van der Waals surface area contributed by atoms with Crippen molar-refractivity contribution in [3.8, 4) is 0 Å². The number of amides is 1. The van der Waals surface area contributed by atoms with Crippen LogP contribution in [-0.4, -0.2) is 28.4 Å². The van der Waals surface area contributed by atoms with Crippen LogP contribution < -0.4 is 5.32 Å². The van der Waals surface area contributed by atoms with Crippen LogP contribution >= 0.6 is 0 Å². The van der Waals surface area contributed by atoms with E-state index in [2.05, 4.69) is 30.2 Å². The third-order valence-corrected chi connectivity index (χ3v) is 4.71. The Hall–Kier alpha value is -2.36. The number of hydrogen-bond acceptors (Lipinski definition) is 3. The smallest absolute Gasteiger partial charge is 0.254 e. The Kier molecular flexibility index (Phi) is 5.14. The summed E-state index contributed by atoms with van der Waals surface area (Å²) in [7, 11) is 0. The molecule has 2 heterocycles. The van der Waals surface area contributed by atoms with Crippen molar-refractivity contribution in [2.24, 2.45) is 0 Å². The second-order valence-corrected chi connectivity index (χ2v) is 6.45. The minimum absolute atomic E-state index is 0.111. The summed E-state index contributed by atoms with van der Waals surface area (Å²) < 4.78 is 0. The van der Waals surface area contributed by atoms with Crippen molar-refractivity contribution in [1.29, 1.82) is 0 Å². The minimum atomic E-state index is 0.111. The molecule has 0 radical (unpaired) electrons. The Balaban J connectivity index is 1.74. The molecule has 0 bridgehead atoms. The monoisotopic (exact) mass is 323 g/mol. The number of carbonyl (C=O) groups excluding carboxylic acids is 1. The SMILES string of the molecule is CC[C@@H](C)Nc1ccc([C@H]2CCCN2C(=O)c2ccccc2)cn1. The van der Waals surface area contributed by atoms with E-state index >= 15 is 0 Å². The van der Waals surface area contributed by atoms with Gasteiger partial charge < -0.3 is 10.2 Å². The van der Waals surface area contributed by atoms with E-state index in [1.54, 1.807) is 0 Å². The van der Waals surface area contributed by atoms with Crippen LogP contribution in [0.2, 0.25) is 0 Å². The number of nitrogens with one attached hydrogen (secondary N) is 1. The Morgan fingerprint density at radius 2 is 2.08 bits per heavy atom. The first-order valence-corrected chi connectivity index (χ1v) is 8.77. The van der Waals surface area contributed by atoms with E-state index in [0.717, 1.165) is 42.8 Å². The molecule has 1 N–H and O–H groups in total. The number of nitrogens with zero attached hydrogens (tertiary/aromatic N) is 2. The van der Waals surface area contributed by atoms with E-state index in [1.165, 1.54) is 0 Å². The van der Waals surface area contributed by atoms with E-state index < -0.39 is 0 Å². The molecule has 1 aliphatic heterocycles. The van der Waals surface area contributed by atoms with Crippen molar-refractivity contribution in [3.63, 3.8) is 0 Å². The first-order chi connectivity index (χ1) is 11.7. The van der Waals surface area contributed by atoms with Gasteiger partial charge >= 0.3 is 0 Å². The first kappa shape index (κ1) is 16.5. The molecule has 4 nitrogen and oxygen atoms in total. The molecule has 0 unspecified atom stereocenters. The topological polar surface area (TPSA) is 45.2 Å². The summed E-state index contributed by atoms with van der Waals surface area (Å²) in [4.78, 5) is 19.3. The lowest BCUT2D eigenvalue weighted by Gasteiger charge is -2.25. The van der Waals surface area contributed by atoms with E-state index in [0.29, 0.717) is 6.04 Å².